The summed E-state index contributed by atoms with van der Waals surface area (Å²) < 4.78 is 13.0. The highest BCUT2D eigenvalue weighted by atomic mass is 19.1. The molecule has 5 heteroatoms. The van der Waals surface area contributed by atoms with E-state index in [1.807, 2.05) is 12.1 Å². The van der Waals surface area contributed by atoms with Gasteiger partial charge in [0.15, 0.2) is 5.82 Å². The van der Waals surface area contributed by atoms with Crippen molar-refractivity contribution in [1.82, 2.24) is 9.97 Å². The van der Waals surface area contributed by atoms with Crippen molar-refractivity contribution in [3.8, 4) is 11.4 Å². The molecule has 3 N–H and O–H groups in total. The lowest BCUT2D eigenvalue weighted by molar-refractivity contribution is 0.628. The Morgan fingerprint density at radius 2 is 1.80 bits per heavy atom. The molecule has 4 nitrogen and oxygen atoms in total. The third-order valence-electron chi connectivity index (χ3n) is 3.06. The molecule has 1 aromatic heterocycles. The highest BCUT2D eigenvalue weighted by molar-refractivity contribution is 5.92. The van der Waals surface area contributed by atoms with Crippen LogP contribution in [0.4, 0.5) is 15.9 Å². The summed E-state index contributed by atoms with van der Waals surface area (Å²) in [5, 5.41) is 3.94. The number of nitrogens with two attached hydrogens (primary N) is 1. The van der Waals surface area contributed by atoms with Gasteiger partial charge in [-0.15, -0.1) is 0 Å². The van der Waals surface area contributed by atoms with E-state index in [2.05, 4.69) is 15.3 Å². The van der Waals surface area contributed by atoms with E-state index in [4.69, 9.17) is 5.73 Å². The lowest BCUT2D eigenvalue weighted by Crippen LogP contribution is -1.99. The van der Waals surface area contributed by atoms with Crippen LogP contribution < -0.4 is 11.1 Å². The van der Waals surface area contributed by atoms with Crippen LogP contribution in [0.2, 0.25) is 0 Å². The number of rotatable bonds is 2. The van der Waals surface area contributed by atoms with Crippen molar-refractivity contribution < 1.29 is 4.39 Å². The maximum atomic E-state index is 13.0. The van der Waals surface area contributed by atoms with Crippen molar-refractivity contribution in [1.29, 1.82) is 0 Å². The standard InChI is InChI=1S/C15H13FN4/c1-18-15-12-7-6-11(17)8-13(12)19-14(20-15)9-2-4-10(16)5-3-9/h2-8H,17H2,1H3,(H,18,19,20). The second-order valence-corrected chi connectivity index (χ2v) is 4.43. The zero-order chi connectivity index (χ0) is 14.1. The zero-order valence-corrected chi connectivity index (χ0v) is 10.9. The van der Waals surface area contributed by atoms with E-state index >= 15 is 0 Å². The van der Waals surface area contributed by atoms with E-state index in [0.29, 0.717) is 17.3 Å². The van der Waals surface area contributed by atoms with Crippen LogP contribution in [0.5, 0.6) is 0 Å². The highest BCUT2D eigenvalue weighted by Gasteiger charge is 2.08. The first-order valence-corrected chi connectivity index (χ1v) is 6.18. The van der Waals surface area contributed by atoms with Crippen LogP contribution in [-0.2, 0) is 0 Å². The van der Waals surface area contributed by atoms with Crippen LogP contribution in [0.1, 0.15) is 0 Å². The van der Waals surface area contributed by atoms with Crippen molar-refractivity contribution in [3.63, 3.8) is 0 Å². The molecule has 0 radical (unpaired) electrons. The number of aromatic nitrogens is 2. The quantitative estimate of drug-likeness (QED) is 0.701. The first-order chi connectivity index (χ1) is 9.67. The summed E-state index contributed by atoms with van der Waals surface area (Å²) in [5.41, 5.74) is 7.95. The van der Waals surface area contributed by atoms with E-state index in [1.54, 1.807) is 25.2 Å². The van der Waals surface area contributed by atoms with Gasteiger partial charge in [-0.1, -0.05) is 0 Å². The number of nitrogens with one attached hydrogen (secondary N) is 1. The van der Waals surface area contributed by atoms with Gasteiger partial charge in [-0.05, 0) is 42.5 Å². The molecule has 20 heavy (non-hydrogen) atoms. The molecule has 0 bridgehead atoms. The second kappa shape index (κ2) is 4.77. The number of hydrogen-bond acceptors (Lipinski definition) is 4. The molecule has 2 aromatic carbocycles. The summed E-state index contributed by atoms with van der Waals surface area (Å²) in [4.78, 5) is 8.95. The van der Waals surface area contributed by atoms with Crippen LogP contribution in [0.3, 0.4) is 0 Å². The Hall–Kier alpha value is -2.69. The molecule has 1 heterocycles. The predicted molar refractivity (Wildman–Crippen MR) is 78.9 cm³/mol. The molecule has 0 saturated carbocycles. The molecule has 0 unspecified atom stereocenters. The molecule has 0 aliphatic heterocycles. The van der Waals surface area contributed by atoms with E-state index in [1.165, 1.54) is 12.1 Å². The summed E-state index contributed by atoms with van der Waals surface area (Å²) >= 11 is 0. The Morgan fingerprint density at radius 1 is 1.05 bits per heavy atom. The van der Waals surface area contributed by atoms with Gasteiger partial charge in [0.25, 0.3) is 0 Å². The van der Waals surface area contributed by atoms with Gasteiger partial charge < -0.3 is 11.1 Å². The first kappa shape index (κ1) is 12.3. The SMILES string of the molecule is CNc1nc(-c2ccc(F)cc2)nc2cc(N)ccc12. The molecule has 0 amide bonds. The Kier molecular flexibility index (Phi) is 2.95. The van der Waals surface area contributed by atoms with Gasteiger partial charge in [0, 0.05) is 23.7 Å². The Labute approximate surface area is 115 Å². The summed E-state index contributed by atoms with van der Waals surface area (Å²) in [6, 6.07) is 11.6. The van der Waals surface area contributed by atoms with Gasteiger partial charge in [-0.2, -0.15) is 0 Å². The number of anilines is 2. The fraction of sp³-hybridized carbons (Fsp3) is 0.0667. The van der Waals surface area contributed by atoms with Gasteiger partial charge >= 0.3 is 0 Å². The van der Waals surface area contributed by atoms with Crippen molar-refractivity contribution >= 4 is 22.4 Å². The number of halogens is 1. The Balaban J connectivity index is 2.23. The van der Waals surface area contributed by atoms with Crippen LogP contribution in [0.15, 0.2) is 42.5 Å². The van der Waals surface area contributed by atoms with E-state index < -0.39 is 0 Å². The minimum absolute atomic E-state index is 0.285. The second-order valence-electron chi connectivity index (χ2n) is 4.43. The number of fused-ring (bicyclic) bond motifs is 1. The molecule has 0 fully saturated rings. The fourth-order valence-electron chi connectivity index (χ4n) is 2.07. The summed E-state index contributed by atoms with van der Waals surface area (Å²) in [5.74, 6) is 0.967. The van der Waals surface area contributed by atoms with Crippen molar-refractivity contribution in [2.24, 2.45) is 0 Å². The topological polar surface area (TPSA) is 63.8 Å². The monoisotopic (exact) mass is 268 g/mol. The van der Waals surface area contributed by atoms with Crippen LogP contribution in [0.25, 0.3) is 22.3 Å². The Bertz CT molecular complexity index is 769. The summed E-state index contributed by atoms with van der Waals surface area (Å²) in [7, 11) is 1.80. The molecule has 0 spiro atoms. The van der Waals surface area contributed by atoms with Gasteiger partial charge in [-0.3, -0.25) is 0 Å². The van der Waals surface area contributed by atoms with Crippen molar-refractivity contribution in [3.05, 3.63) is 48.3 Å². The molecule has 3 rings (SSSR count). The number of nitrogens with zero attached hydrogens (tertiary/aromatic N) is 2. The molecular formula is C15H13FN4. The lowest BCUT2D eigenvalue weighted by Gasteiger charge is -2.08. The minimum atomic E-state index is -0.285. The van der Waals surface area contributed by atoms with E-state index in [-0.39, 0.29) is 5.82 Å². The fourth-order valence-corrected chi connectivity index (χ4v) is 2.07. The average Bonchev–Trinajstić information content (AvgIpc) is 2.46. The van der Waals surface area contributed by atoms with Gasteiger partial charge in [-0.25, -0.2) is 14.4 Å². The largest absolute Gasteiger partial charge is 0.399 e. The smallest absolute Gasteiger partial charge is 0.162 e. The Morgan fingerprint density at radius 3 is 2.50 bits per heavy atom. The third-order valence-corrected chi connectivity index (χ3v) is 3.06. The molecule has 3 aromatic rings. The third kappa shape index (κ3) is 2.14. The summed E-state index contributed by atoms with van der Waals surface area (Å²) in [6.45, 7) is 0. The van der Waals surface area contributed by atoms with E-state index in [0.717, 1.165) is 16.5 Å². The number of benzene rings is 2. The van der Waals surface area contributed by atoms with Crippen LogP contribution >= 0.6 is 0 Å². The van der Waals surface area contributed by atoms with Crippen LogP contribution in [-0.4, -0.2) is 17.0 Å². The minimum Gasteiger partial charge on any atom is -0.399 e. The highest BCUT2D eigenvalue weighted by Crippen LogP contribution is 2.26. The zero-order valence-electron chi connectivity index (χ0n) is 10.9. The number of hydrogen-bond donors (Lipinski definition) is 2. The van der Waals surface area contributed by atoms with Gasteiger partial charge in [0.05, 0.1) is 5.52 Å². The maximum Gasteiger partial charge on any atom is 0.162 e. The molecule has 0 aliphatic rings. The lowest BCUT2D eigenvalue weighted by atomic mass is 10.1. The predicted octanol–water partition coefficient (Wildman–Crippen LogP) is 3.06. The molecule has 0 atom stereocenters. The first-order valence-electron chi connectivity index (χ1n) is 6.18. The maximum absolute atomic E-state index is 13.0. The van der Waals surface area contributed by atoms with Crippen molar-refractivity contribution in [2.75, 3.05) is 18.1 Å². The molecule has 100 valence electrons. The van der Waals surface area contributed by atoms with Gasteiger partial charge in [0.2, 0.25) is 0 Å². The molecule has 0 saturated heterocycles. The van der Waals surface area contributed by atoms with Gasteiger partial charge in [0.1, 0.15) is 11.6 Å². The van der Waals surface area contributed by atoms with Crippen LogP contribution in [0, 0.1) is 5.82 Å². The number of nitrogen functional groups attached to an aromatic ring is 1. The van der Waals surface area contributed by atoms with E-state index in [9.17, 15) is 4.39 Å². The molecule has 0 aliphatic carbocycles. The summed E-state index contributed by atoms with van der Waals surface area (Å²) in [6.07, 6.45) is 0. The van der Waals surface area contributed by atoms with Crippen molar-refractivity contribution in [2.45, 2.75) is 0 Å². The normalized spacial score (nSPS) is 10.7. The average molecular weight is 268 g/mol. The molecular weight excluding hydrogens is 255 g/mol.